The van der Waals surface area contributed by atoms with Crippen molar-refractivity contribution in [3.8, 4) is 11.3 Å². The lowest BCUT2D eigenvalue weighted by Crippen LogP contribution is -1.87. The maximum absolute atomic E-state index is 13.6. The molecule has 0 bridgehead atoms. The molecule has 0 unspecified atom stereocenters. The average molecular weight is 225 g/mol. The predicted octanol–water partition coefficient (Wildman–Crippen LogP) is 3.49. The number of nitrogens with one attached hydrogen (secondary N) is 1. The lowest BCUT2D eigenvalue weighted by Gasteiger charge is -2.03. The highest BCUT2D eigenvalue weighted by Gasteiger charge is 2.10. The highest BCUT2D eigenvalue weighted by molar-refractivity contribution is 6.31. The summed E-state index contributed by atoms with van der Waals surface area (Å²) in [4.78, 5) is 0. The third kappa shape index (κ3) is 1.88. The second-order valence-electron chi connectivity index (χ2n) is 3.52. The quantitative estimate of drug-likeness (QED) is 0.789. The molecule has 15 heavy (non-hydrogen) atoms. The van der Waals surface area contributed by atoms with Crippen molar-refractivity contribution in [2.24, 2.45) is 0 Å². The van der Waals surface area contributed by atoms with Gasteiger partial charge < -0.3 is 0 Å². The summed E-state index contributed by atoms with van der Waals surface area (Å²) >= 11 is 5.81. The van der Waals surface area contributed by atoms with Crippen molar-refractivity contribution in [3.05, 3.63) is 40.3 Å². The van der Waals surface area contributed by atoms with Crippen LogP contribution in [-0.4, -0.2) is 10.2 Å². The van der Waals surface area contributed by atoms with Gasteiger partial charge in [0.2, 0.25) is 0 Å². The standard InChI is InChI=1S/C11H10ClFN2/c1-6-3-8(10(13)5-9(6)12)11-4-7(2)14-15-11/h3-5H,1-2H3,(H,14,15). The van der Waals surface area contributed by atoms with Crippen LogP contribution in [0.1, 0.15) is 11.3 Å². The average Bonchev–Trinajstić information content (AvgIpc) is 2.58. The SMILES string of the molecule is Cc1cc(-c2cc(C)c(Cl)cc2F)n[nH]1. The summed E-state index contributed by atoms with van der Waals surface area (Å²) < 4.78 is 13.6. The van der Waals surface area contributed by atoms with Gasteiger partial charge in [0.25, 0.3) is 0 Å². The van der Waals surface area contributed by atoms with Gasteiger partial charge in [0.15, 0.2) is 0 Å². The molecule has 0 aliphatic rings. The fourth-order valence-electron chi connectivity index (χ4n) is 1.41. The number of rotatable bonds is 1. The number of hydrogen-bond donors (Lipinski definition) is 1. The zero-order chi connectivity index (χ0) is 11.0. The van der Waals surface area contributed by atoms with Crippen LogP contribution in [0.4, 0.5) is 4.39 Å². The maximum atomic E-state index is 13.6. The molecule has 78 valence electrons. The smallest absolute Gasteiger partial charge is 0.134 e. The second kappa shape index (κ2) is 3.66. The van der Waals surface area contributed by atoms with Crippen LogP contribution in [0.2, 0.25) is 5.02 Å². The molecule has 4 heteroatoms. The first kappa shape index (κ1) is 10.2. The fraction of sp³-hybridized carbons (Fsp3) is 0.182. The van der Waals surface area contributed by atoms with Crippen molar-refractivity contribution < 1.29 is 4.39 Å². The molecule has 0 spiro atoms. The molecule has 0 radical (unpaired) electrons. The molecule has 0 saturated heterocycles. The van der Waals surface area contributed by atoms with Gasteiger partial charge in [-0.2, -0.15) is 5.10 Å². The summed E-state index contributed by atoms with van der Waals surface area (Å²) in [5.74, 6) is -0.350. The number of nitrogens with zero attached hydrogens (tertiary/aromatic N) is 1. The molecule has 2 nitrogen and oxygen atoms in total. The van der Waals surface area contributed by atoms with E-state index in [1.165, 1.54) is 6.07 Å². The first-order valence-electron chi connectivity index (χ1n) is 4.56. The zero-order valence-electron chi connectivity index (χ0n) is 8.44. The molecule has 0 atom stereocenters. The van der Waals surface area contributed by atoms with Crippen LogP contribution < -0.4 is 0 Å². The van der Waals surface area contributed by atoms with E-state index in [2.05, 4.69) is 10.2 Å². The molecule has 0 saturated carbocycles. The Hall–Kier alpha value is -1.35. The van der Waals surface area contributed by atoms with Gasteiger partial charge in [0, 0.05) is 16.3 Å². The van der Waals surface area contributed by atoms with E-state index >= 15 is 0 Å². The summed E-state index contributed by atoms with van der Waals surface area (Å²) in [7, 11) is 0. The van der Waals surface area contributed by atoms with Gasteiger partial charge in [-0.25, -0.2) is 4.39 Å². The summed E-state index contributed by atoms with van der Waals surface area (Å²) in [5, 5.41) is 7.22. The Labute approximate surface area is 92.1 Å². The van der Waals surface area contributed by atoms with Crippen molar-refractivity contribution in [1.82, 2.24) is 10.2 Å². The van der Waals surface area contributed by atoms with Crippen LogP contribution in [0, 0.1) is 19.7 Å². The minimum absolute atomic E-state index is 0.350. The molecule has 1 aromatic heterocycles. The first-order chi connectivity index (χ1) is 7.08. The van der Waals surface area contributed by atoms with Gasteiger partial charge in [-0.15, -0.1) is 0 Å². The van der Waals surface area contributed by atoms with E-state index in [9.17, 15) is 4.39 Å². The topological polar surface area (TPSA) is 28.7 Å². The molecule has 1 N–H and O–H groups in total. The molecular weight excluding hydrogens is 215 g/mol. The van der Waals surface area contributed by atoms with E-state index in [1.54, 1.807) is 12.1 Å². The maximum Gasteiger partial charge on any atom is 0.134 e. The van der Waals surface area contributed by atoms with Crippen LogP contribution in [0.3, 0.4) is 0 Å². The Morgan fingerprint density at radius 1 is 1.27 bits per heavy atom. The Bertz CT molecular complexity index is 505. The van der Waals surface area contributed by atoms with Crippen molar-refractivity contribution >= 4 is 11.6 Å². The molecule has 1 aromatic carbocycles. The number of hydrogen-bond acceptors (Lipinski definition) is 1. The molecule has 0 aliphatic heterocycles. The second-order valence-corrected chi connectivity index (χ2v) is 3.92. The lowest BCUT2D eigenvalue weighted by molar-refractivity contribution is 0.630. The van der Waals surface area contributed by atoms with Gasteiger partial charge >= 0.3 is 0 Å². The molecule has 2 aromatic rings. The van der Waals surface area contributed by atoms with Gasteiger partial charge in [-0.3, -0.25) is 5.10 Å². The van der Waals surface area contributed by atoms with Gasteiger partial charge in [-0.05, 0) is 37.6 Å². The number of H-pyrrole nitrogens is 1. The zero-order valence-corrected chi connectivity index (χ0v) is 9.19. The third-order valence-electron chi connectivity index (χ3n) is 2.23. The molecule has 0 aliphatic carbocycles. The van der Waals surface area contributed by atoms with E-state index < -0.39 is 0 Å². The third-order valence-corrected chi connectivity index (χ3v) is 2.64. The van der Waals surface area contributed by atoms with Crippen molar-refractivity contribution in [3.63, 3.8) is 0 Å². The van der Waals surface area contributed by atoms with Crippen LogP contribution in [-0.2, 0) is 0 Å². The molecule has 1 heterocycles. The number of aromatic nitrogens is 2. The summed E-state index contributed by atoms with van der Waals surface area (Å²) in [6, 6.07) is 4.81. The first-order valence-corrected chi connectivity index (χ1v) is 4.94. The Balaban J connectivity index is 2.58. The van der Waals surface area contributed by atoms with Gasteiger partial charge in [-0.1, -0.05) is 11.6 Å². The number of aromatic amines is 1. The highest BCUT2D eigenvalue weighted by Crippen LogP contribution is 2.27. The van der Waals surface area contributed by atoms with Crippen molar-refractivity contribution in [2.75, 3.05) is 0 Å². The highest BCUT2D eigenvalue weighted by atomic mass is 35.5. The molecule has 0 amide bonds. The van der Waals surface area contributed by atoms with E-state index in [4.69, 9.17) is 11.6 Å². The largest absolute Gasteiger partial charge is 0.282 e. The predicted molar refractivity (Wildman–Crippen MR) is 58.5 cm³/mol. The Morgan fingerprint density at radius 3 is 2.60 bits per heavy atom. The van der Waals surface area contributed by atoms with Gasteiger partial charge in [0.1, 0.15) is 5.82 Å². The number of aryl methyl sites for hydroxylation is 2. The minimum Gasteiger partial charge on any atom is -0.282 e. The van der Waals surface area contributed by atoms with Crippen molar-refractivity contribution in [2.45, 2.75) is 13.8 Å². The van der Waals surface area contributed by atoms with Gasteiger partial charge in [0.05, 0.1) is 5.69 Å². The van der Waals surface area contributed by atoms with Crippen LogP contribution >= 0.6 is 11.6 Å². The van der Waals surface area contributed by atoms with Crippen molar-refractivity contribution in [1.29, 1.82) is 0 Å². The number of benzene rings is 1. The molecular formula is C11H10ClFN2. The van der Waals surface area contributed by atoms with E-state index in [1.807, 2.05) is 13.8 Å². The Kier molecular flexibility index (Phi) is 2.49. The van der Waals surface area contributed by atoms with Crippen LogP contribution in [0.25, 0.3) is 11.3 Å². The minimum atomic E-state index is -0.350. The summed E-state index contributed by atoms with van der Waals surface area (Å²) in [6.07, 6.45) is 0. The molecule has 0 fully saturated rings. The van der Waals surface area contributed by atoms with Crippen LogP contribution in [0.5, 0.6) is 0 Å². The van der Waals surface area contributed by atoms with Crippen LogP contribution in [0.15, 0.2) is 18.2 Å². The summed E-state index contributed by atoms with van der Waals surface area (Å²) in [5.41, 5.74) is 2.82. The normalized spacial score (nSPS) is 10.7. The van der Waals surface area contributed by atoms with E-state index in [-0.39, 0.29) is 5.82 Å². The Morgan fingerprint density at radius 2 is 2.00 bits per heavy atom. The fourth-order valence-corrected chi connectivity index (χ4v) is 1.56. The van der Waals surface area contributed by atoms with E-state index in [0.717, 1.165) is 11.3 Å². The monoisotopic (exact) mass is 224 g/mol. The molecule has 2 rings (SSSR count). The van der Waals surface area contributed by atoms with E-state index in [0.29, 0.717) is 16.3 Å². The number of halogens is 2. The summed E-state index contributed by atoms with van der Waals surface area (Å²) in [6.45, 7) is 3.71. The lowest BCUT2D eigenvalue weighted by atomic mass is 10.1.